The Morgan fingerprint density at radius 2 is 2.00 bits per heavy atom. The van der Waals surface area contributed by atoms with Crippen LogP contribution in [0, 0.1) is 6.92 Å². The zero-order valence-corrected chi connectivity index (χ0v) is 12.4. The van der Waals surface area contributed by atoms with Crippen molar-refractivity contribution in [1.29, 1.82) is 0 Å². The summed E-state index contributed by atoms with van der Waals surface area (Å²) in [4.78, 5) is 28.1. The van der Waals surface area contributed by atoms with Crippen LogP contribution >= 0.6 is 0 Å². The van der Waals surface area contributed by atoms with Crippen molar-refractivity contribution in [2.75, 3.05) is 13.1 Å². The predicted octanol–water partition coefficient (Wildman–Crippen LogP) is 1.72. The number of carboxylic acid groups (broad SMARTS) is 1. The van der Waals surface area contributed by atoms with E-state index in [4.69, 9.17) is 9.84 Å². The van der Waals surface area contributed by atoms with Crippen molar-refractivity contribution in [3.05, 3.63) is 29.1 Å². The number of carbonyl (C=O) groups is 2. The van der Waals surface area contributed by atoms with Gasteiger partial charge in [-0.1, -0.05) is 0 Å². The van der Waals surface area contributed by atoms with Crippen LogP contribution in [0.5, 0.6) is 0 Å². The molecule has 1 aromatic rings. The Kier molecular flexibility index (Phi) is 4.60. The first-order chi connectivity index (χ1) is 10.6. The molecule has 6 nitrogen and oxygen atoms in total. The number of hydrogen-bond donors (Lipinski definition) is 1. The molecule has 0 radical (unpaired) electrons. The number of rotatable bonds is 2. The van der Waals surface area contributed by atoms with Crippen molar-refractivity contribution in [3.8, 4) is 0 Å². The monoisotopic (exact) mass is 332 g/mol. The van der Waals surface area contributed by atoms with E-state index in [-0.39, 0.29) is 24.3 Å². The molecule has 2 heterocycles. The fourth-order valence-corrected chi connectivity index (χ4v) is 2.37. The third-order valence-electron chi connectivity index (χ3n) is 3.43. The number of alkyl halides is 3. The molecule has 1 saturated heterocycles. The van der Waals surface area contributed by atoms with E-state index in [1.807, 2.05) is 0 Å². The number of aryl methyl sites for hydroxylation is 1. The topological polar surface area (TPSA) is 79.7 Å². The molecule has 1 aliphatic rings. The molecule has 23 heavy (non-hydrogen) atoms. The maximum absolute atomic E-state index is 12.6. The van der Waals surface area contributed by atoms with Gasteiger partial charge in [0.2, 0.25) is 0 Å². The molecule has 2 rings (SSSR count). The number of pyridine rings is 1. The number of aliphatic carboxylic acids is 1. The minimum absolute atomic E-state index is 0.0104. The number of aromatic nitrogens is 1. The van der Waals surface area contributed by atoms with Crippen molar-refractivity contribution in [1.82, 2.24) is 9.88 Å². The third kappa shape index (κ3) is 3.79. The molecule has 0 aromatic carbocycles. The molecule has 1 aromatic heterocycles. The first-order valence-electron chi connectivity index (χ1n) is 6.82. The van der Waals surface area contributed by atoms with E-state index in [9.17, 15) is 22.8 Å². The summed E-state index contributed by atoms with van der Waals surface area (Å²) in [5, 5.41) is 9.01. The van der Waals surface area contributed by atoms with Gasteiger partial charge < -0.3 is 14.7 Å². The lowest BCUT2D eigenvalue weighted by atomic mass is 10.1. The second-order valence-electron chi connectivity index (χ2n) is 5.31. The molecule has 1 N–H and O–H groups in total. The number of morpholine rings is 1. The summed E-state index contributed by atoms with van der Waals surface area (Å²) in [5.41, 5.74) is -1.13. The smallest absolute Gasteiger partial charge is 0.433 e. The zero-order chi connectivity index (χ0) is 17.4. The van der Waals surface area contributed by atoms with Crippen LogP contribution in [0.25, 0.3) is 0 Å². The third-order valence-corrected chi connectivity index (χ3v) is 3.43. The molecule has 0 saturated carbocycles. The Labute approximate surface area is 129 Å². The first-order valence-corrected chi connectivity index (χ1v) is 6.82. The highest BCUT2D eigenvalue weighted by Crippen LogP contribution is 2.28. The van der Waals surface area contributed by atoms with Crippen LogP contribution in [0.15, 0.2) is 12.1 Å². The normalized spacial score (nSPS) is 22.0. The molecule has 1 fully saturated rings. The van der Waals surface area contributed by atoms with Crippen LogP contribution in [0.4, 0.5) is 13.2 Å². The average Bonchev–Trinajstić information content (AvgIpc) is 2.44. The minimum Gasteiger partial charge on any atom is -0.479 e. The van der Waals surface area contributed by atoms with Gasteiger partial charge in [0.15, 0.2) is 6.10 Å². The van der Waals surface area contributed by atoms with Crippen LogP contribution in [0.2, 0.25) is 0 Å². The molecule has 126 valence electrons. The number of amides is 1. The van der Waals surface area contributed by atoms with E-state index in [2.05, 4.69) is 4.98 Å². The number of halogens is 3. The Morgan fingerprint density at radius 1 is 1.35 bits per heavy atom. The van der Waals surface area contributed by atoms with Gasteiger partial charge in [0.25, 0.3) is 5.91 Å². The second-order valence-corrected chi connectivity index (χ2v) is 5.31. The maximum atomic E-state index is 12.6. The van der Waals surface area contributed by atoms with Crippen molar-refractivity contribution in [2.24, 2.45) is 0 Å². The van der Waals surface area contributed by atoms with Crippen molar-refractivity contribution in [2.45, 2.75) is 32.2 Å². The van der Waals surface area contributed by atoms with E-state index in [0.717, 1.165) is 12.1 Å². The predicted molar refractivity (Wildman–Crippen MR) is 71.9 cm³/mol. The highest BCUT2D eigenvalue weighted by Gasteiger charge is 2.35. The summed E-state index contributed by atoms with van der Waals surface area (Å²) in [6, 6.07) is 1.79. The van der Waals surface area contributed by atoms with Crippen LogP contribution in [-0.2, 0) is 15.7 Å². The SMILES string of the molecule is Cc1nc(C(F)(F)F)ccc1C(=O)N1CC(C(=O)O)O[C@H](C)C1. The largest absolute Gasteiger partial charge is 0.479 e. The van der Waals surface area contributed by atoms with Gasteiger partial charge in [-0.05, 0) is 26.0 Å². The van der Waals surface area contributed by atoms with Crippen LogP contribution in [0.1, 0.15) is 28.7 Å². The van der Waals surface area contributed by atoms with Gasteiger partial charge in [0.1, 0.15) is 5.69 Å². The Balaban J connectivity index is 2.24. The fraction of sp³-hybridized carbons (Fsp3) is 0.500. The Hall–Kier alpha value is -2.16. The van der Waals surface area contributed by atoms with Crippen LogP contribution in [0.3, 0.4) is 0 Å². The van der Waals surface area contributed by atoms with Gasteiger partial charge >= 0.3 is 12.1 Å². The Bertz CT molecular complexity index is 633. The number of carboxylic acids is 1. The van der Waals surface area contributed by atoms with Crippen LogP contribution in [-0.4, -0.2) is 52.2 Å². The van der Waals surface area contributed by atoms with Crippen molar-refractivity contribution < 1.29 is 32.6 Å². The van der Waals surface area contributed by atoms with Gasteiger partial charge in [-0.25, -0.2) is 9.78 Å². The zero-order valence-electron chi connectivity index (χ0n) is 12.4. The maximum Gasteiger partial charge on any atom is 0.433 e. The van der Waals surface area contributed by atoms with Gasteiger partial charge in [-0.2, -0.15) is 13.2 Å². The lowest BCUT2D eigenvalue weighted by Crippen LogP contribution is -2.51. The highest BCUT2D eigenvalue weighted by atomic mass is 19.4. The van der Waals surface area contributed by atoms with E-state index in [1.54, 1.807) is 6.92 Å². The van der Waals surface area contributed by atoms with Gasteiger partial charge in [0.05, 0.1) is 23.9 Å². The standard InChI is InChI=1S/C14H15F3N2O4/c1-7-5-19(6-10(23-7)13(21)22)12(20)9-3-4-11(14(15,16)17)18-8(9)2/h3-4,7,10H,5-6H2,1-2H3,(H,21,22)/t7-,10?/m1/s1. The van der Waals surface area contributed by atoms with Gasteiger partial charge in [-0.15, -0.1) is 0 Å². The van der Waals surface area contributed by atoms with Crippen molar-refractivity contribution >= 4 is 11.9 Å². The molecule has 2 atom stereocenters. The van der Waals surface area contributed by atoms with E-state index < -0.39 is 36.0 Å². The number of hydrogen-bond acceptors (Lipinski definition) is 4. The van der Waals surface area contributed by atoms with Crippen LogP contribution < -0.4 is 0 Å². The fourth-order valence-electron chi connectivity index (χ4n) is 2.37. The lowest BCUT2D eigenvalue weighted by Gasteiger charge is -2.35. The van der Waals surface area contributed by atoms with Gasteiger partial charge in [0, 0.05) is 6.54 Å². The average molecular weight is 332 g/mol. The minimum atomic E-state index is -4.59. The summed E-state index contributed by atoms with van der Waals surface area (Å²) in [7, 11) is 0. The second kappa shape index (κ2) is 6.15. The number of nitrogens with zero attached hydrogens (tertiary/aromatic N) is 2. The van der Waals surface area contributed by atoms with Crippen molar-refractivity contribution in [3.63, 3.8) is 0 Å². The summed E-state index contributed by atoms with van der Waals surface area (Å²) in [6.45, 7) is 2.91. The van der Waals surface area contributed by atoms with E-state index >= 15 is 0 Å². The lowest BCUT2D eigenvalue weighted by molar-refractivity contribution is -0.160. The molecule has 1 aliphatic heterocycles. The summed E-state index contributed by atoms with van der Waals surface area (Å²) >= 11 is 0. The molecule has 0 aliphatic carbocycles. The summed E-state index contributed by atoms with van der Waals surface area (Å²) in [5.74, 6) is -1.76. The quantitative estimate of drug-likeness (QED) is 0.892. The highest BCUT2D eigenvalue weighted by molar-refractivity contribution is 5.95. The summed E-state index contributed by atoms with van der Waals surface area (Å²) in [6.07, 6.45) is -6.24. The molecular formula is C14H15F3N2O4. The molecular weight excluding hydrogens is 317 g/mol. The Morgan fingerprint density at radius 3 is 2.52 bits per heavy atom. The molecule has 0 bridgehead atoms. The van der Waals surface area contributed by atoms with E-state index in [1.165, 1.54) is 11.8 Å². The molecule has 1 unspecified atom stereocenters. The molecule has 0 spiro atoms. The van der Waals surface area contributed by atoms with Gasteiger partial charge in [-0.3, -0.25) is 4.79 Å². The molecule has 9 heteroatoms. The summed E-state index contributed by atoms with van der Waals surface area (Å²) < 4.78 is 43.0. The van der Waals surface area contributed by atoms with E-state index in [0.29, 0.717) is 0 Å². The number of carbonyl (C=O) groups excluding carboxylic acids is 1. The number of ether oxygens (including phenoxy) is 1. The first kappa shape index (κ1) is 17.2. The molecule has 1 amide bonds.